The van der Waals surface area contributed by atoms with Crippen LogP contribution in [0.25, 0.3) is 0 Å². The Kier molecular flexibility index (Phi) is 3.58. The van der Waals surface area contributed by atoms with E-state index >= 15 is 0 Å². The Balaban J connectivity index is 1.73. The van der Waals surface area contributed by atoms with Crippen LogP contribution in [0.1, 0.15) is 69.7 Å². The van der Waals surface area contributed by atoms with E-state index in [1.165, 1.54) is 32.1 Å². The molecule has 5 heteroatoms. The Morgan fingerprint density at radius 2 is 2.21 bits per heavy atom. The second-order valence-electron chi connectivity index (χ2n) is 6.04. The minimum Gasteiger partial charge on any atom is -0.387 e. The van der Waals surface area contributed by atoms with Crippen molar-refractivity contribution in [2.75, 3.05) is 6.61 Å². The van der Waals surface area contributed by atoms with E-state index in [9.17, 15) is 5.11 Å². The maximum absolute atomic E-state index is 9.54. The van der Waals surface area contributed by atoms with Crippen LogP contribution in [-0.2, 0) is 4.74 Å². The first-order chi connectivity index (χ1) is 9.19. The van der Waals surface area contributed by atoms with Crippen LogP contribution in [0.15, 0.2) is 6.20 Å². The van der Waals surface area contributed by atoms with E-state index in [1.54, 1.807) is 6.92 Å². The standard InChI is InChI=1S/C14H23N3O2/c1-11(18)13-10-17(16-15-13)12-5-8-19-14(9-12)6-3-2-4-7-14/h10-12,18H,2-9H2,1H3. The zero-order chi connectivity index (χ0) is 13.3. The Bertz CT molecular complexity index is 419. The monoisotopic (exact) mass is 265 g/mol. The van der Waals surface area contributed by atoms with Gasteiger partial charge in [0.2, 0.25) is 0 Å². The second kappa shape index (κ2) is 5.21. The van der Waals surface area contributed by atoms with Gasteiger partial charge in [-0.25, -0.2) is 4.68 Å². The van der Waals surface area contributed by atoms with Crippen LogP contribution in [0.3, 0.4) is 0 Å². The second-order valence-corrected chi connectivity index (χ2v) is 6.04. The normalized spacial score (nSPS) is 28.4. The predicted octanol–water partition coefficient (Wildman–Crippen LogP) is 2.39. The smallest absolute Gasteiger partial charge is 0.111 e. The van der Waals surface area contributed by atoms with Crippen molar-refractivity contribution < 1.29 is 9.84 Å². The summed E-state index contributed by atoms with van der Waals surface area (Å²) in [6, 6.07) is 0.367. The fourth-order valence-corrected chi connectivity index (χ4v) is 3.43. The number of hydrogen-bond donors (Lipinski definition) is 1. The number of rotatable bonds is 2. The largest absolute Gasteiger partial charge is 0.387 e. The van der Waals surface area contributed by atoms with Crippen molar-refractivity contribution in [2.45, 2.75) is 69.6 Å². The Morgan fingerprint density at radius 3 is 2.89 bits per heavy atom. The zero-order valence-electron chi connectivity index (χ0n) is 11.6. The van der Waals surface area contributed by atoms with E-state index in [2.05, 4.69) is 10.3 Å². The third-order valence-corrected chi connectivity index (χ3v) is 4.56. The fourth-order valence-electron chi connectivity index (χ4n) is 3.43. The SMILES string of the molecule is CC(O)c1cn(C2CCOC3(CCCCC3)C2)nn1. The summed E-state index contributed by atoms with van der Waals surface area (Å²) < 4.78 is 8.03. The Labute approximate surface area is 114 Å². The molecule has 3 rings (SSSR count). The Hall–Kier alpha value is -0.940. The summed E-state index contributed by atoms with van der Waals surface area (Å²) in [5, 5.41) is 17.8. The lowest BCUT2D eigenvalue weighted by molar-refractivity contribution is -0.115. The van der Waals surface area contributed by atoms with Gasteiger partial charge in [-0.05, 0) is 32.6 Å². The molecule has 2 aliphatic rings. The lowest BCUT2D eigenvalue weighted by Gasteiger charge is -2.43. The zero-order valence-corrected chi connectivity index (χ0v) is 11.6. The summed E-state index contributed by atoms with van der Waals surface area (Å²) >= 11 is 0. The minimum absolute atomic E-state index is 0.0815. The first-order valence-corrected chi connectivity index (χ1v) is 7.42. The highest BCUT2D eigenvalue weighted by Gasteiger charge is 2.39. The summed E-state index contributed by atoms with van der Waals surface area (Å²) in [6.07, 6.45) is 9.63. The first kappa shape index (κ1) is 13.1. The van der Waals surface area contributed by atoms with Crippen molar-refractivity contribution >= 4 is 0 Å². The molecule has 1 aromatic rings. The molecule has 0 amide bonds. The molecule has 2 unspecified atom stereocenters. The molecule has 2 fully saturated rings. The third kappa shape index (κ3) is 2.67. The van der Waals surface area contributed by atoms with E-state index in [4.69, 9.17) is 4.74 Å². The van der Waals surface area contributed by atoms with Crippen molar-refractivity contribution in [3.8, 4) is 0 Å². The number of hydrogen-bond acceptors (Lipinski definition) is 4. The van der Waals surface area contributed by atoms with Crippen molar-refractivity contribution in [3.05, 3.63) is 11.9 Å². The molecule has 0 radical (unpaired) electrons. The van der Waals surface area contributed by atoms with Gasteiger partial charge in [-0.1, -0.05) is 24.5 Å². The molecule has 5 nitrogen and oxygen atoms in total. The maximum atomic E-state index is 9.54. The van der Waals surface area contributed by atoms with E-state index in [0.29, 0.717) is 11.7 Å². The molecule has 1 saturated carbocycles. The van der Waals surface area contributed by atoms with Crippen molar-refractivity contribution in [1.29, 1.82) is 0 Å². The highest BCUT2D eigenvalue weighted by atomic mass is 16.5. The van der Waals surface area contributed by atoms with Gasteiger partial charge in [-0.3, -0.25) is 0 Å². The maximum Gasteiger partial charge on any atom is 0.111 e. The number of aliphatic hydroxyl groups is 1. The number of aromatic nitrogens is 3. The molecule has 2 heterocycles. The van der Waals surface area contributed by atoms with E-state index in [0.717, 1.165) is 19.4 Å². The van der Waals surface area contributed by atoms with Gasteiger partial charge in [0, 0.05) is 6.61 Å². The fraction of sp³-hybridized carbons (Fsp3) is 0.857. The van der Waals surface area contributed by atoms with Gasteiger partial charge in [0.25, 0.3) is 0 Å². The summed E-state index contributed by atoms with van der Waals surface area (Å²) in [5.74, 6) is 0. The molecular formula is C14H23N3O2. The topological polar surface area (TPSA) is 60.2 Å². The van der Waals surface area contributed by atoms with Crippen molar-refractivity contribution in [3.63, 3.8) is 0 Å². The average molecular weight is 265 g/mol. The van der Waals surface area contributed by atoms with E-state index < -0.39 is 6.10 Å². The molecule has 2 atom stereocenters. The predicted molar refractivity (Wildman–Crippen MR) is 70.7 cm³/mol. The Morgan fingerprint density at radius 1 is 1.42 bits per heavy atom. The van der Waals surface area contributed by atoms with Gasteiger partial charge >= 0.3 is 0 Å². The number of nitrogens with zero attached hydrogens (tertiary/aromatic N) is 3. The lowest BCUT2D eigenvalue weighted by atomic mass is 9.78. The molecule has 1 aliphatic carbocycles. The highest BCUT2D eigenvalue weighted by Crippen LogP contribution is 2.42. The van der Waals surface area contributed by atoms with Gasteiger partial charge in [0.1, 0.15) is 5.69 Å². The molecular weight excluding hydrogens is 242 g/mol. The van der Waals surface area contributed by atoms with Crippen LogP contribution in [-0.4, -0.2) is 32.3 Å². The summed E-state index contributed by atoms with van der Waals surface area (Å²) in [6.45, 7) is 2.54. The van der Waals surface area contributed by atoms with Gasteiger partial charge in [-0.2, -0.15) is 0 Å². The molecule has 19 heavy (non-hydrogen) atoms. The van der Waals surface area contributed by atoms with Gasteiger partial charge < -0.3 is 9.84 Å². The minimum atomic E-state index is -0.544. The molecule has 1 saturated heterocycles. The van der Waals surface area contributed by atoms with E-state index in [1.807, 2.05) is 10.9 Å². The summed E-state index contributed by atoms with van der Waals surface area (Å²) in [7, 11) is 0. The van der Waals surface area contributed by atoms with Gasteiger partial charge in [0.05, 0.1) is 23.9 Å². The number of ether oxygens (including phenoxy) is 1. The van der Waals surface area contributed by atoms with Crippen LogP contribution in [0, 0.1) is 0 Å². The van der Waals surface area contributed by atoms with Crippen molar-refractivity contribution in [1.82, 2.24) is 15.0 Å². The molecule has 1 N–H and O–H groups in total. The van der Waals surface area contributed by atoms with Gasteiger partial charge in [-0.15, -0.1) is 5.10 Å². The lowest BCUT2D eigenvalue weighted by Crippen LogP contribution is -2.42. The van der Waals surface area contributed by atoms with Crippen LogP contribution in [0.5, 0.6) is 0 Å². The van der Waals surface area contributed by atoms with Crippen LogP contribution < -0.4 is 0 Å². The molecule has 1 spiro atoms. The van der Waals surface area contributed by atoms with Crippen molar-refractivity contribution in [2.24, 2.45) is 0 Å². The molecule has 0 bridgehead atoms. The average Bonchev–Trinajstić information content (AvgIpc) is 2.89. The molecule has 0 aromatic carbocycles. The quantitative estimate of drug-likeness (QED) is 0.892. The highest BCUT2D eigenvalue weighted by molar-refractivity contribution is 4.98. The van der Waals surface area contributed by atoms with Crippen LogP contribution in [0.2, 0.25) is 0 Å². The third-order valence-electron chi connectivity index (χ3n) is 4.56. The summed E-state index contributed by atoms with van der Waals surface area (Å²) in [5.41, 5.74) is 0.738. The first-order valence-electron chi connectivity index (χ1n) is 7.42. The molecule has 1 aromatic heterocycles. The van der Waals surface area contributed by atoms with Gasteiger partial charge in [0.15, 0.2) is 0 Å². The number of aliphatic hydroxyl groups excluding tert-OH is 1. The molecule has 1 aliphatic heterocycles. The summed E-state index contributed by atoms with van der Waals surface area (Å²) in [4.78, 5) is 0. The molecule has 106 valence electrons. The van der Waals surface area contributed by atoms with Crippen LogP contribution in [0.4, 0.5) is 0 Å². The van der Waals surface area contributed by atoms with Crippen LogP contribution >= 0.6 is 0 Å². The van der Waals surface area contributed by atoms with E-state index in [-0.39, 0.29) is 5.60 Å².